The Balaban J connectivity index is 4.40. The summed E-state index contributed by atoms with van der Waals surface area (Å²) in [6.07, 6.45) is 86.5. The van der Waals surface area contributed by atoms with Gasteiger partial charge in [0.25, 0.3) is 0 Å². The highest BCUT2D eigenvalue weighted by Gasteiger charge is 2.17. The van der Waals surface area contributed by atoms with Gasteiger partial charge in [0.05, 0.1) is 6.61 Å². The lowest BCUT2D eigenvalue weighted by Gasteiger charge is -2.18. The third kappa shape index (κ3) is 58.9. The van der Waals surface area contributed by atoms with Crippen LogP contribution in [0.15, 0.2) is 122 Å². The molecule has 410 valence electrons. The molecule has 0 heterocycles. The number of carbonyl (C=O) groups is 2. The molecule has 0 aromatic carbocycles. The molecule has 0 fully saturated rings. The van der Waals surface area contributed by atoms with Crippen molar-refractivity contribution in [1.29, 1.82) is 0 Å². The number of carbonyl (C=O) groups excluding carboxylic acids is 2. The minimum absolute atomic E-state index is 0.0539. The Labute approximate surface area is 446 Å². The van der Waals surface area contributed by atoms with Gasteiger partial charge in [-0.05, 0) is 135 Å². The molecule has 0 radical (unpaired) electrons. The lowest BCUT2D eigenvalue weighted by molar-refractivity contribution is -0.163. The van der Waals surface area contributed by atoms with E-state index in [4.69, 9.17) is 14.2 Å². The van der Waals surface area contributed by atoms with Crippen LogP contribution < -0.4 is 0 Å². The second-order valence-corrected chi connectivity index (χ2v) is 19.5. The van der Waals surface area contributed by atoms with Gasteiger partial charge in [0.15, 0.2) is 6.10 Å². The van der Waals surface area contributed by atoms with E-state index in [0.717, 1.165) is 116 Å². The van der Waals surface area contributed by atoms with E-state index in [9.17, 15) is 9.59 Å². The predicted octanol–water partition coefficient (Wildman–Crippen LogP) is 20.9. The summed E-state index contributed by atoms with van der Waals surface area (Å²) >= 11 is 0. The molecule has 1 unspecified atom stereocenters. The zero-order valence-corrected chi connectivity index (χ0v) is 47.2. The van der Waals surface area contributed by atoms with Crippen molar-refractivity contribution in [3.63, 3.8) is 0 Å². The summed E-state index contributed by atoms with van der Waals surface area (Å²) in [5.74, 6) is -0.450. The van der Waals surface area contributed by atoms with E-state index in [-0.39, 0.29) is 25.2 Å². The maximum Gasteiger partial charge on any atom is 0.306 e. The maximum absolute atomic E-state index is 12.9. The van der Waals surface area contributed by atoms with Crippen molar-refractivity contribution in [2.75, 3.05) is 19.8 Å². The van der Waals surface area contributed by atoms with Crippen LogP contribution in [0.3, 0.4) is 0 Å². The molecule has 5 nitrogen and oxygen atoms in total. The predicted molar refractivity (Wildman–Crippen MR) is 316 cm³/mol. The molecule has 0 spiro atoms. The lowest BCUT2D eigenvalue weighted by Crippen LogP contribution is -2.30. The average Bonchev–Trinajstić information content (AvgIpc) is 3.38. The molecule has 5 heteroatoms. The summed E-state index contributed by atoms with van der Waals surface area (Å²) in [4.78, 5) is 25.6. The standard InChI is InChI=1S/C67H112O5/c1-4-7-10-13-16-19-22-25-28-31-33-35-38-41-44-47-50-53-56-59-62-70-63-65(72-67(69)61-58-55-52-49-46-43-40-36-30-27-24-21-18-15-12-9-6-3)64-71-66(68)60-57-54-51-48-45-42-39-37-34-32-29-26-23-20-17-14-11-8-5-2/h8,11,16-21,25-30,33-35,37,42,45,65H,4-7,9-10,12-15,22-24,31-32,36,38-41,43-44,46-64H2,1-3H3/b11-8-,19-16-,20-17-,21-18-,28-25-,29-26-,30-27-,35-33-,37-34-,45-42-. The summed E-state index contributed by atoms with van der Waals surface area (Å²) in [5.41, 5.74) is 0. The van der Waals surface area contributed by atoms with Crippen LogP contribution in [0.5, 0.6) is 0 Å². The molecule has 0 aliphatic rings. The fourth-order valence-corrected chi connectivity index (χ4v) is 7.99. The Hall–Kier alpha value is -3.70. The minimum Gasteiger partial charge on any atom is -0.462 e. The second-order valence-electron chi connectivity index (χ2n) is 19.5. The van der Waals surface area contributed by atoms with E-state index in [1.807, 2.05) is 0 Å². The quantitative estimate of drug-likeness (QED) is 0.0345. The van der Waals surface area contributed by atoms with Crippen molar-refractivity contribution in [2.24, 2.45) is 0 Å². The first-order chi connectivity index (χ1) is 35.6. The maximum atomic E-state index is 12.9. The van der Waals surface area contributed by atoms with Gasteiger partial charge in [-0.15, -0.1) is 0 Å². The van der Waals surface area contributed by atoms with E-state index in [2.05, 4.69) is 142 Å². The molecular weight excluding hydrogens is 885 g/mol. The van der Waals surface area contributed by atoms with Gasteiger partial charge in [0.1, 0.15) is 6.61 Å². The summed E-state index contributed by atoms with van der Waals surface area (Å²) in [5, 5.41) is 0. The number of rotatable bonds is 54. The fraction of sp³-hybridized carbons (Fsp3) is 0.672. The lowest BCUT2D eigenvalue weighted by atomic mass is 10.1. The molecule has 0 amide bonds. The Kier molecular flexibility index (Phi) is 58.4. The average molecular weight is 998 g/mol. The molecule has 0 saturated heterocycles. The molecule has 0 bridgehead atoms. The topological polar surface area (TPSA) is 61.8 Å². The molecule has 0 aromatic rings. The van der Waals surface area contributed by atoms with Gasteiger partial charge < -0.3 is 14.2 Å². The smallest absolute Gasteiger partial charge is 0.306 e. The second kappa shape index (κ2) is 61.6. The van der Waals surface area contributed by atoms with E-state index < -0.39 is 6.10 Å². The van der Waals surface area contributed by atoms with Crippen LogP contribution in [0.2, 0.25) is 0 Å². The summed E-state index contributed by atoms with van der Waals surface area (Å²) in [6, 6.07) is 0. The van der Waals surface area contributed by atoms with Crippen molar-refractivity contribution in [3.05, 3.63) is 122 Å². The van der Waals surface area contributed by atoms with E-state index >= 15 is 0 Å². The van der Waals surface area contributed by atoms with Crippen molar-refractivity contribution >= 4 is 11.9 Å². The Morgan fingerprint density at radius 2 is 0.625 bits per heavy atom. The SMILES string of the molecule is CC/C=C\C/C=C\C/C=C\C/C=C\C/C=C\CCCCCC(=O)OCC(COCCCCCCCCC/C=C\C/C=C\C/C=C\CCCCC)OC(=O)CCCCCCCCC/C=C\C/C=C\CCCCC. The van der Waals surface area contributed by atoms with Crippen LogP contribution in [0.4, 0.5) is 0 Å². The number of esters is 2. The van der Waals surface area contributed by atoms with Gasteiger partial charge in [0, 0.05) is 19.4 Å². The monoisotopic (exact) mass is 997 g/mol. The first kappa shape index (κ1) is 68.3. The van der Waals surface area contributed by atoms with Crippen molar-refractivity contribution in [1.82, 2.24) is 0 Å². The Morgan fingerprint density at radius 3 is 1.01 bits per heavy atom. The van der Waals surface area contributed by atoms with Gasteiger partial charge >= 0.3 is 11.9 Å². The zero-order chi connectivity index (χ0) is 52.0. The Morgan fingerprint density at radius 1 is 0.319 bits per heavy atom. The van der Waals surface area contributed by atoms with Crippen LogP contribution in [0, 0.1) is 0 Å². The number of hydrogen-bond acceptors (Lipinski definition) is 5. The van der Waals surface area contributed by atoms with Crippen LogP contribution >= 0.6 is 0 Å². The van der Waals surface area contributed by atoms with Crippen LogP contribution in [0.25, 0.3) is 0 Å². The Bertz CT molecular complexity index is 1450. The van der Waals surface area contributed by atoms with Gasteiger partial charge in [-0.25, -0.2) is 0 Å². The molecule has 0 aliphatic heterocycles. The molecule has 1 atom stereocenters. The summed E-state index contributed by atoms with van der Waals surface area (Å²) < 4.78 is 17.5. The van der Waals surface area contributed by atoms with Crippen molar-refractivity contribution in [3.8, 4) is 0 Å². The van der Waals surface area contributed by atoms with Gasteiger partial charge in [-0.1, -0.05) is 239 Å². The van der Waals surface area contributed by atoms with Crippen LogP contribution in [0.1, 0.15) is 265 Å². The van der Waals surface area contributed by atoms with Gasteiger partial charge in [0.2, 0.25) is 0 Å². The molecule has 0 saturated carbocycles. The van der Waals surface area contributed by atoms with Gasteiger partial charge in [-0.2, -0.15) is 0 Å². The highest BCUT2D eigenvalue weighted by Crippen LogP contribution is 2.14. The molecule has 72 heavy (non-hydrogen) atoms. The molecular formula is C67H112O5. The first-order valence-electron chi connectivity index (χ1n) is 30.1. The number of unbranched alkanes of at least 4 members (excludes halogenated alkanes) is 23. The van der Waals surface area contributed by atoms with Crippen LogP contribution in [-0.2, 0) is 23.8 Å². The first-order valence-corrected chi connectivity index (χ1v) is 30.1. The fourth-order valence-electron chi connectivity index (χ4n) is 7.99. The van der Waals surface area contributed by atoms with E-state index in [1.54, 1.807) is 0 Å². The molecule has 0 rings (SSSR count). The third-order valence-corrected chi connectivity index (χ3v) is 12.5. The highest BCUT2D eigenvalue weighted by molar-refractivity contribution is 5.70. The summed E-state index contributed by atoms with van der Waals surface area (Å²) in [6.45, 7) is 7.60. The van der Waals surface area contributed by atoms with Crippen LogP contribution in [-0.4, -0.2) is 37.9 Å². The molecule has 0 N–H and O–H groups in total. The largest absolute Gasteiger partial charge is 0.462 e. The van der Waals surface area contributed by atoms with E-state index in [0.29, 0.717) is 19.4 Å². The zero-order valence-electron chi connectivity index (χ0n) is 47.2. The van der Waals surface area contributed by atoms with Gasteiger partial charge in [-0.3, -0.25) is 9.59 Å². The van der Waals surface area contributed by atoms with Crippen molar-refractivity contribution < 1.29 is 23.8 Å². The number of hydrogen-bond donors (Lipinski definition) is 0. The number of allylic oxidation sites excluding steroid dienone is 20. The number of ether oxygens (including phenoxy) is 3. The summed E-state index contributed by atoms with van der Waals surface area (Å²) in [7, 11) is 0. The minimum atomic E-state index is -0.569. The van der Waals surface area contributed by atoms with E-state index in [1.165, 1.54) is 116 Å². The normalized spacial score (nSPS) is 13.1. The highest BCUT2D eigenvalue weighted by atomic mass is 16.6. The molecule has 0 aliphatic carbocycles. The molecule has 0 aromatic heterocycles. The third-order valence-electron chi connectivity index (χ3n) is 12.5. The van der Waals surface area contributed by atoms with Crippen molar-refractivity contribution in [2.45, 2.75) is 271 Å².